The highest BCUT2D eigenvalue weighted by atomic mass is 19.4. The molecule has 0 amide bonds. The Kier molecular flexibility index (Phi) is 8.46. The Labute approximate surface area is 218 Å². The van der Waals surface area contributed by atoms with Crippen LogP contribution in [0.1, 0.15) is 53.1 Å². The van der Waals surface area contributed by atoms with Crippen molar-refractivity contribution in [2.24, 2.45) is 0 Å². The molecule has 0 aliphatic carbocycles. The van der Waals surface area contributed by atoms with E-state index >= 15 is 4.39 Å². The van der Waals surface area contributed by atoms with Crippen molar-refractivity contribution in [2.45, 2.75) is 51.6 Å². The van der Waals surface area contributed by atoms with Gasteiger partial charge in [-0.2, -0.15) is 13.2 Å². The lowest BCUT2D eigenvalue weighted by atomic mass is 9.98. The number of aryl methyl sites for hydroxylation is 3. The molecule has 4 aromatic rings. The van der Waals surface area contributed by atoms with Crippen LogP contribution in [-0.2, 0) is 25.7 Å². The van der Waals surface area contributed by atoms with E-state index < -0.39 is 35.6 Å². The van der Waals surface area contributed by atoms with Gasteiger partial charge in [0.1, 0.15) is 17.5 Å². The monoisotopic (exact) mass is 524 g/mol. The van der Waals surface area contributed by atoms with Crippen LogP contribution in [0.2, 0.25) is 0 Å². The maximum Gasteiger partial charge on any atom is 0.393 e. The topological polar surface area (TPSA) is 0 Å². The van der Waals surface area contributed by atoms with Gasteiger partial charge < -0.3 is 0 Å². The molecule has 38 heavy (non-hydrogen) atoms. The molecule has 0 unspecified atom stereocenters. The van der Waals surface area contributed by atoms with E-state index in [0.717, 1.165) is 42.5 Å². The third kappa shape index (κ3) is 6.98. The van der Waals surface area contributed by atoms with Crippen molar-refractivity contribution in [3.8, 4) is 11.8 Å². The quantitative estimate of drug-likeness (QED) is 0.167. The van der Waals surface area contributed by atoms with Crippen LogP contribution in [0.3, 0.4) is 0 Å². The standard InChI is InChI=1S/C32H26F6/c1-2-3-4-21-5-7-22(8-6-21)9-10-23-12-16-27-26(17-23)15-14-25(31(27)35)13-11-24-18-29(33)28(30(34)19-24)20-32(36,37)38/h5-8,12,14-19H,2-4,11,13,20H2,1H3. The van der Waals surface area contributed by atoms with Gasteiger partial charge in [0, 0.05) is 22.1 Å². The van der Waals surface area contributed by atoms with Crippen molar-refractivity contribution in [2.75, 3.05) is 0 Å². The number of hydrogen-bond donors (Lipinski definition) is 0. The number of fused-ring (bicyclic) bond motifs is 1. The normalized spacial score (nSPS) is 11.4. The fraction of sp³-hybridized carbons (Fsp3) is 0.250. The Bertz CT molecular complexity index is 1460. The zero-order valence-electron chi connectivity index (χ0n) is 20.9. The third-order valence-electron chi connectivity index (χ3n) is 6.42. The summed E-state index contributed by atoms with van der Waals surface area (Å²) in [4.78, 5) is 0. The molecule has 0 aliphatic heterocycles. The van der Waals surface area contributed by atoms with Gasteiger partial charge in [-0.25, -0.2) is 13.2 Å². The molecule has 196 valence electrons. The van der Waals surface area contributed by atoms with E-state index in [9.17, 15) is 22.0 Å². The van der Waals surface area contributed by atoms with E-state index in [0.29, 0.717) is 16.3 Å². The average molecular weight is 525 g/mol. The molecule has 0 saturated carbocycles. The first-order chi connectivity index (χ1) is 18.1. The molecule has 0 nitrogen and oxygen atoms in total. The van der Waals surface area contributed by atoms with Crippen molar-refractivity contribution >= 4 is 10.8 Å². The predicted octanol–water partition coefficient (Wildman–Crippen LogP) is 8.89. The minimum atomic E-state index is -4.72. The van der Waals surface area contributed by atoms with Crippen molar-refractivity contribution in [1.29, 1.82) is 0 Å². The van der Waals surface area contributed by atoms with Crippen LogP contribution in [0.4, 0.5) is 26.3 Å². The average Bonchev–Trinajstić information content (AvgIpc) is 2.88. The summed E-state index contributed by atoms with van der Waals surface area (Å²) in [5.41, 5.74) is 2.41. The molecule has 0 spiro atoms. The van der Waals surface area contributed by atoms with Crippen molar-refractivity contribution in [1.82, 2.24) is 0 Å². The molecule has 0 aliphatic rings. The molecule has 0 saturated heterocycles. The first-order valence-electron chi connectivity index (χ1n) is 12.5. The van der Waals surface area contributed by atoms with Crippen LogP contribution < -0.4 is 0 Å². The largest absolute Gasteiger partial charge is 0.393 e. The highest BCUT2D eigenvalue weighted by Crippen LogP contribution is 2.27. The molecule has 6 heteroatoms. The van der Waals surface area contributed by atoms with Gasteiger partial charge in [0.05, 0.1) is 6.42 Å². The Balaban J connectivity index is 1.47. The summed E-state index contributed by atoms with van der Waals surface area (Å²) in [5.74, 6) is 3.29. The lowest BCUT2D eigenvalue weighted by Gasteiger charge is -2.11. The zero-order chi connectivity index (χ0) is 27.3. The Hall–Kier alpha value is -3.72. The molecule has 0 aromatic heterocycles. The van der Waals surface area contributed by atoms with Gasteiger partial charge in [0.15, 0.2) is 0 Å². The van der Waals surface area contributed by atoms with Gasteiger partial charge in [-0.15, -0.1) is 0 Å². The molecular formula is C32H26F6. The summed E-state index contributed by atoms with van der Waals surface area (Å²) < 4.78 is 81.0. The summed E-state index contributed by atoms with van der Waals surface area (Å²) in [6, 6.07) is 18.5. The van der Waals surface area contributed by atoms with Crippen LogP contribution in [0.5, 0.6) is 0 Å². The molecule has 0 heterocycles. The summed E-state index contributed by atoms with van der Waals surface area (Å²) in [7, 11) is 0. The molecule has 0 bridgehead atoms. The first-order valence-corrected chi connectivity index (χ1v) is 12.5. The maximum absolute atomic E-state index is 15.2. The molecule has 0 N–H and O–H groups in total. The van der Waals surface area contributed by atoms with Gasteiger partial charge in [-0.3, -0.25) is 0 Å². The third-order valence-corrected chi connectivity index (χ3v) is 6.42. The van der Waals surface area contributed by atoms with E-state index in [4.69, 9.17) is 0 Å². The second-order valence-electron chi connectivity index (χ2n) is 9.36. The summed E-state index contributed by atoms with van der Waals surface area (Å²) in [6.45, 7) is 2.16. The maximum atomic E-state index is 15.2. The lowest BCUT2D eigenvalue weighted by Crippen LogP contribution is -2.14. The number of hydrogen-bond acceptors (Lipinski definition) is 0. The minimum Gasteiger partial charge on any atom is -0.207 e. The fourth-order valence-electron chi connectivity index (χ4n) is 4.34. The molecule has 4 aromatic carbocycles. The van der Waals surface area contributed by atoms with Crippen LogP contribution in [0, 0.1) is 29.3 Å². The summed E-state index contributed by atoms with van der Waals surface area (Å²) >= 11 is 0. The van der Waals surface area contributed by atoms with Crippen molar-refractivity contribution < 1.29 is 26.3 Å². The highest BCUT2D eigenvalue weighted by molar-refractivity contribution is 5.85. The molecular weight excluding hydrogens is 498 g/mol. The van der Waals surface area contributed by atoms with E-state index in [1.165, 1.54) is 5.56 Å². The molecule has 0 atom stereocenters. The van der Waals surface area contributed by atoms with Gasteiger partial charge in [-0.05, 0) is 84.2 Å². The summed E-state index contributed by atoms with van der Waals surface area (Å²) in [5, 5.41) is 1.06. The lowest BCUT2D eigenvalue weighted by molar-refractivity contribution is -0.128. The van der Waals surface area contributed by atoms with Crippen LogP contribution >= 0.6 is 0 Å². The molecule has 0 fully saturated rings. The highest BCUT2D eigenvalue weighted by Gasteiger charge is 2.31. The van der Waals surface area contributed by atoms with Crippen molar-refractivity contribution in [3.63, 3.8) is 0 Å². The van der Waals surface area contributed by atoms with Gasteiger partial charge >= 0.3 is 6.18 Å². The second kappa shape index (κ2) is 11.8. The van der Waals surface area contributed by atoms with Gasteiger partial charge in [0.2, 0.25) is 0 Å². The number of unbranched alkanes of at least 4 members (excludes halogenated alkanes) is 1. The van der Waals surface area contributed by atoms with Crippen LogP contribution in [-0.4, -0.2) is 6.18 Å². The van der Waals surface area contributed by atoms with E-state index in [2.05, 4.69) is 30.9 Å². The van der Waals surface area contributed by atoms with Gasteiger partial charge in [-0.1, -0.05) is 55.5 Å². The predicted molar refractivity (Wildman–Crippen MR) is 138 cm³/mol. The molecule has 4 rings (SSSR count). The van der Waals surface area contributed by atoms with E-state index in [1.54, 1.807) is 30.3 Å². The Morgan fingerprint density at radius 3 is 2.00 bits per heavy atom. The van der Waals surface area contributed by atoms with E-state index in [-0.39, 0.29) is 18.4 Å². The van der Waals surface area contributed by atoms with E-state index in [1.807, 2.05) is 12.1 Å². The molecule has 0 radical (unpaired) electrons. The number of rotatable bonds is 7. The number of alkyl halides is 3. The number of halogens is 6. The fourth-order valence-corrected chi connectivity index (χ4v) is 4.34. The van der Waals surface area contributed by atoms with Gasteiger partial charge in [0.25, 0.3) is 0 Å². The SMILES string of the molecule is CCCCc1ccc(C#Cc2ccc3c(F)c(CCc4cc(F)c(CC(F)(F)F)c(F)c4)ccc3c2)cc1. The number of benzene rings is 4. The zero-order valence-corrected chi connectivity index (χ0v) is 20.9. The summed E-state index contributed by atoms with van der Waals surface area (Å²) in [6.07, 6.45) is -2.85. The van der Waals surface area contributed by atoms with Crippen LogP contribution in [0.25, 0.3) is 10.8 Å². The minimum absolute atomic E-state index is 0.0728. The Morgan fingerprint density at radius 2 is 1.34 bits per heavy atom. The smallest absolute Gasteiger partial charge is 0.207 e. The first kappa shape index (κ1) is 27.3. The van der Waals surface area contributed by atoms with Crippen LogP contribution in [0.15, 0.2) is 66.7 Å². The second-order valence-corrected chi connectivity index (χ2v) is 9.36. The Morgan fingerprint density at radius 1 is 0.684 bits per heavy atom. The van der Waals surface area contributed by atoms with Crippen molar-refractivity contribution in [3.05, 3.63) is 118 Å².